The zero-order valence-corrected chi connectivity index (χ0v) is 27.2. The summed E-state index contributed by atoms with van der Waals surface area (Å²) in [4.78, 5) is 48.6. The molecule has 0 aromatic heterocycles. The fraction of sp³-hybridized carbons (Fsp3) is 0.484. The van der Waals surface area contributed by atoms with Gasteiger partial charge in [-0.25, -0.2) is 0 Å². The minimum absolute atomic E-state index is 0.290. The third-order valence-electron chi connectivity index (χ3n) is 7.67. The van der Waals surface area contributed by atoms with Gasteiger partial charge in [-0.1, -0.05) is 45.7 Å². The van der Waals surface area contributed by atoms with E-state index in [1.54, 1.807) is 18.2 Å². The Labute approximate surface area is 268 Å². The number of hydrogen-bond acceptors (Lipinski definition) is 10. The van der Waals surface area contributed by atoms with E-state index in [2.05, 4.69) is 15.9 Å². The van der Waals surface area contributed by atoms with Gasteiger partial charge in [0.15, 0.2) is 11.7 Å². The molecule has 4 rings (SSSR count). The lowest BCUT2D eigenvalue weighted by molar-refractivity contribution is -0.331. The van der Waals surface area contributed by atoms with E-state index in [0.717, 1.165) is 12.5 Å². The molecule has 44 heavy (non-hydrogen) atoms. The van der Waals surface area contributed by atoms with Crippen LogP contribution in [0.1, 0.15) is 62.6 Å². The Bertz CT molecular complexity index is 1420. The molecule has 7 atom stereocenters. The van der Waals surface area contributed by atoms with Crippen LogP contribution in [0.15, 0.2) is 42.5 Å². The lowest BCUT2D eigenvalue weighted by Crippen LogP contribution is -2.67. The van der Waals surface area contributed by atoms with Crippen molar-refractivity contribution in [3.63, 3.8) is 0 Å². The molecule has 2 aliphatic rings. The van der Waals surface area contributed by atoms with E-state index >= 15 is 0 Å². The van der Waals surface area contributed by atoms with Gasteiger partial charge in [-0.3, -0.25) is 19.2 Å². The van der Waals surface area contributed by atoms with E-state index in [0.29, 0.717) is 28.5 Å². The first-order valence-corrected chi connectivity index (χ1v) is 15.3. The molecule has 2 fully saturated rings. The summed E-state index contributed by atoms with van der Waals surface area (Å²) in [7, 11) is 0. The van der Waals surface area contributed by atoms with Crippen LogP contribution >= 0.6 is 27.5 Å². The highest BCUT2D eigenvalue weighted by Gasteiger charge is 2.72. The lowest BCUT2D eigenvalue weighted by Gasteiger charge is -2.51. The highest BCUT2D eigenvalue weighted by Crippen LogP contribution is 2.56. The zero-order valence-electron chi connectivity index (χ0n) is 24.8. The van der Waals surface area contributed by atoms with E-state index in [1.807, 2.05) is 31.2 Å². The maximum absolute atomic E-state index is 12.5. The number of carbonyl (C=O) groups is 4. The number of fused-ring (bicyclic) bond motifs is 2. The summed E-state index contributed by atoms with van der Waals surface area (Å²) in [5, 5.41) is 10.3. The monoisotopic (exact) mass is 696 g/mol. The van der Waals surface area contributed by atoms with Gasteiger partial charge in [0.1, 0.15) is 18.0 Å². The third kappa shape index (κ3) is 6.58. The van der Waals surface area contributed by atoms with Gasteiger partial charge in [-0.15, -0.1) is 0 Å². The predicted molar refractivity (Wildman–Crippen MR) is 159 cm³/mol. The molecular formula is C31H34BrClO11. The Morgan fingerprint density at radius 3 is 2.23 bits per heavy atom. The Kier molecular flexibility index (Phi) is 10.3. The average molecular weight is 698 g/mol. The molecule has 1 N–H and O–H groups in total. The lowest BCUT2D eigenvalue weighted by atomic mass is 9.73. The van der Waals surface area contributed by atoms with E-state index < -0.39 is 70.7 Å². The van der Waals surface area contributed by atoms with E-state index in [4.69, 9.17) is 40.0 Å². The number of rotatable bonds is 11. The number of aliphatic carboxylic acids is 1. The first-order valence-electron chi connectivity index (χ1n) is 14.0. The molecule has 2 aliphatic heterocycles. The Hall–Kier alpha value is -3.19. The van der Waals surface area contributed by atoms with Gasteiger partial charge in [-0.2, -0.15) is 0 Å². The molecule has 2 aromatic rings. The smallest absolute Gasteiger partial charge is 0.303 e. The molecule has 2 saturated heterocycles. The van der Waals surface area contributed by atoms with Crippen molar-refractivity contribution in [3.8, 4) is 5.75 Å². The average Bonchev–Trinajstić information content (AvgIpc) is 3.32. The van der Waals surface area contributed by atoms with Crippen LogP contribution in [0.4, 0.5) is 0 Å². The van der Waals surface area contributed by atoms with Crippen molar-refractivity contribution in [1.82, 2.24) is 0 Å². The number of alkyl halides is 1. The maximum Gasteiger partial charge on any atom is 0.303 e. The molecule has 2 bridgehead atoms. The van der Waals surface area contributed by atoms with Crippen molar-refractivity contribution < 1.29 is 52.7 Å². The number of carboxylic acids is 1. The van der Waals surface area contributed by atoms with Crippen LogP contribution in [0.3, 0.4) is 0 Å². The van der Waals surface area contributed by atoms with Crippen LogP contribution in [-0.2, 0) is 48.6 Å². The molecule has 13 heteroatoms. The maximum atomic E-state index is 12.5. The molecule has 0 amide bonds. The van der Waals surface area contributed by atoms with Gasteiger partial charge in [0.25, 0.3) is 0 Å². The van der Waals surface area contributed by atoms with E-state index in [1.165, 1.54) is 20.8 Å². The number of ether oxygens (including phenoxy) is 6. The first-order chi connectivity index (χ1) is 20.7. The van der Waals surface area contributed by atoms with Crippen molar-refractivity contribution in [3.05, 3.63) is 64.2 Å². The minimum atomic E-state index is -1.89. The quantitative estimate of drug-likeness (QED) is 0.191. The normalized spacial score (nSPS) is 27.1. The largest absolute Gasteiger partial charge is 0.494 e. The fourth-order valence-electron chi connectivity index (χ4n) is 5.89. The summed E-state index contributed by atoms with van der Waals surface area (Å²) in [6.07, 6.45) is -4.38. The van der Waals surface area contributed by atoms with Gasteiger partial charge in [0, 0.05) is 31.4 Å². The van der Waals surface area contributed by atoms with Crippen LogP contribution in [0.2, 0.25) is 5.02 Å². The SMILES string of the molecule is CCOc1ccc(C(Br)c2cc([C@]34OC[C@](C(C)OC(C)=O)(O3)[C@@H](OC(C)=O)[C@H](CC(=O)O)[C@H]4OC(C)=O)ccc2Cl)cc1. The molecule has 238 valence electrons. The molecule has 0 radical (unpaired) electrons. The minimum Gasteiger partial charge on any atom is -0.494 e. The summed E-state index contributed by atoms with van der Waals surface area (Å²) >= 11 is 10.4. The molecule has 2 aromatic carbocycles. The molecule has 2 unspecified atom stereocenters. The molecule has 0 aliphatic carbocycles. The summed E-state index contributed by atoms with van der Waals surface area (Å²) in [6, 6.07) is 12.4. The molecule has 0 spiro atoms. The molecule has 11 nitrogen and oxygen atoms in total. The number of carbonyl (C=O) groups excluding carboxylic acids is 3. The summed E-state index contributed by atoms with van der Waals surface area (Å²) in [6.45, 7) is 7.19. The van der Waals surface area contributed by atoms with Crippen LogP contribution in [-0.4, -0.2) is 66.1 Å². The number of halogens is 2. The van der Waals surface area contributed by atoms with Crippen molar-refractivity contribution in [2.75, 3.05) is 13.2 Å². The third-order valence-corrected chi connectivity index (χ3v) is 9.04. The number of benzene rings is 2. The Morgan fingerprint density at radius 1 is 1.02 bits per heavy atom. The predicted octanol–water partition coefficient (Wildman–Crippen LogP) is 5.08. The Morgan fingerprint density at radius 2 is 1.66 bits per heavy atom. The topological polar surface area (TPSA) is 144 Å². The number of hydrogen-bond donors (Lipinski definition) is 1. The molecular weight excluding hydrogens is 664 g/mol. The number of carboxylic acid groups (broad SMARTS) is 1. The highest BCUT2D eigenvalue weighted by molar-refractivity contribution is 9.09. The number of esters is 3. The molecule has 2 heterocycles. The van der Waals surface area contributed by atoms with Crippen molar-refractivity contribution in [2.45, 2.75) is 75.6 Å². The molecule has 0 saturated carbocycles. The van der Waals surface area contributed by atoms with E-state index in [-0.39, 0.29) is 6.61 Å². The van der Waals surface area contributed by atoms with Crippen molar-refractivity contribution in [2.24, 2.45) is 5.92 Å². The summed E-state index contributed by atoms with van der Waals surface area (Å²) < 4.78 is 35.5. The van der Waals surface area contributed by atoms with Crippen molar-refractivity contribution in [1.29, 1.82) is 0 Å². The van der Waals surface area contributed by atoms with Gasteiger partial charge in [-0.05, 0) is 49.2 Å². The highest BCUT2D eigenvalue weighted by atomic mass is 79.9. The Balaban J connectivity index is 1.89. The summed E-state index contributed by atoms with van der Waals surface area (Å²) in [5.74, 6) is -5.72. The van der Waals surface area contributed by atoms with Gasteiger partial charge >= 0.3 is 23.9 Å². The summed E-state index contributed by atoms with van der Waals surface area (Å²) in [5.41, 5.74) is 0.164. The van der Waals surface area contributed by atoms with E-state index in [9.17, 15) is 24.3 Å². The van der Waals surface area contributed by atoms with Gasteiger partial charge in [0.2, 0.25) is 5.79 Å². The van der Waals surface area contributed by atoms with Crippen LogP contribution in [0, 0.1) is 5.92 Å². The van der Waals surface area contributed by atoms with Crippen LogP contribution < -0.4 is 4.74 Å². The fourth-order valence-corrected chi connectivity index (χ4v) is 6.93. The standard InChI is InChI=1S/C31H34BrClO11/c1-6-39-22-10-7-20(8-11-22)27(32)23-13-21(9-12-25(23)33)31-29(43-19(5)36)24(14-26(37)38)28(42-18(4)35)30(44-31,15-40-31)16(2)41-17(3)34/h7-13,16,24,27-29H,6,14-15H2,1-5H3,(H,37,38)/t16?,24-,27?,28-,29+,30+,31-/m0/s1. The van der Waals surface area contributed by atoms with Crippen LogP contribution in [0.25, 0.3) is 0 Å². The first kappa shape index (κ1) is 33.7. The second-order valence-electron chi connectivity index (χ2n) is 10.7. The van der Waals surface area contributed by atoms with Gasteiger partial charge in [0.05, 0.1) is 30.4 Å². The second-order valence-corrected chi connectivity index (χ2v) is 12.0. The second kappa shape index (κ2) is 13.4. The van der Waals surface area contributed by atoms with Crippen molar-refractivity contribution >= 4 is 51.4 Å². The zero-order chi connectivity index (χ0) is 32.4. The van der Waals surface area contributed by atoms with Gasteiger partial charge < -0.3 is 33.5 Å². The van der Waals surface area contributed by atoms with Crippen LogP contribution in [0.5, 0.6) is 5.75 Å².